The molecule has 0 saturated heterocycles. The number of hydrogen-bond donors (Lipinski definition) is 1. The number of rotatable bonds is 3. The molecule has 0 aliphatic carbocycles. The second kappa shape index (κ2) is 3.43. The molecule has 2 heteroatoms. The lowest BCUT2D eigenvalue weighted by Crippen LogP contribution is -2.29. The van der Waals surface area contributed by atoms with Crippen LogP contribution in [0.4, 0.5) is 0 Å². The fourth-order valence-electron chi connectivity index (χ4n) is 0.617. The lowest BCUT2D eigenvalue weighted by Gasteiger charge is -2.22. The Hall–Kier alpha value is 0.250. The molecule has 0 aliphatic rings. The van der Waals surface area contributed by atoms with Gasteiger partial charge in [0.2, 0.25) is 0 Å². The Morgan fingerprint density at radius 1 is 1.56 bits per heavy atom. The van der Waals surface area contributed by atoms with Crippen LogP contribution < -0.4 is 0 Å². The third kappa shape index (κ3) is 3.77. The van der Waals surface area contributed by atoms with Crippen LogP contribution in [-0.4, -0.2) is 16.1 Å². The van der Waals surface area contributed by atoms with Crippen LogP contribution in [0.5, 0.6) is 0 Å². The van der Waals surface area contributed by atoms with Gasteiger partial charge in [-0.05, 0) is 20.3 Å². The number of alkyl halides is 1. The molecule has 0 radical (unpaired) electrons. The van der Waals surface area contributed by atoms with E-state index in [2.05, 4.69) is 0 Å². The highest BCUT2D eigenvalue weighted by Gasteiger charge is 2.23. The normalized spacial score (nSPS) is 15.7. The summed E-state index contributed by atoms with van der Waals surface area (Å²) >= 11 is 5.81. The molecule has 0 bridgehead atoms. The molecule has 0 aliphatic heterocycles. The maximum Gasteiger partial charge on any atom is 0.0726 e. The van der Waals surface area contributed by atoms with E-state index in [0.717, 1.165) is 12.8 Å². The van der Waals surface area contributed by atoms with E-state index < -0.39 is 4.87 Å². The molecule has 0 aromatic rings. The minimum atomic E-state index is -0.462. The molecule has 1 unspecified atom stereocenters. The highest BCUT2D eigenvalue weighted by atomic mass is 35.5. The van der Waals surface area contributed by atoms with E-state index in [1.807, 2.05) is 20.8 Å². The number of hydrogen-bond acceptors (Lipinski definition) is 1. The average molecular weight is 151 g/mol. The van der Waals surface area contributed by atoms with Gasteiger partial charge in [-0.3, -0.25) is 0 Å². The molecule has 0 rings (SSSR count). The molecule has 9 heavy (non-hydrogen) atoms. The Labute approximate surface area is 62.0 Å². The zero-order valence-corrected chi connectivity index (χ0v) is 7.07. The van der Waals surface area contributed by atoms with Gasteiger partial charge in [0.25, 0.3) is 0 Å². The number of aliphatic hydroxyl groups is 1. The van der Waals surface area contributed by atoms with E-state index in [1.54, 1.807) is 0 Å². The van der Waals surface area contributed by atoms with Crippen molar-refractivity contribution in [1.82, 2.24) is 0 Å². The Balaban J connectivity index is 3.59. The fourth-order valence-corrected chi connectivity index (χ4v) is 0.726. The first kappa shape index (κ1) is 9.25. The van der Waals surface area contributed by atoms with E-state index >= 15 is 0 Å². The SMILES string of the molecule is CCCC(O)C(C)(C)Cl. The fraction of sp³-hybridized carbons (Fsp3) is 1.00. The van der Waals surface area contributed by atoms with Crippen molar-refractivity contribution in [2.45, 2.75) is 44.6 Å². The molecule has 0 fully saturated rings. The predicted octanol–water partition coefficient (Wildman–Crippen LogP) is 2.16. The van der Waals surface area contributed by atoms with Crippen molar-refractivity contribution >= 4 is 11.6 Å². The van der Waals surface area contributed by atoms with Crippen molar-refractivity contribution in [2.24, 2.45) is 0 Å². The summed E-state index contributed by atoms with van der Waals surface area (Å²) in [5, 5.41) is 9.25. The van der Waals surface area contributed by atoms with Crippen molar-refractivity contribution in [2.75, 3.05) is 0 Å². The van der Waals surface area contributed by atoms with Gasteiger partial charge < -0.3 is 5.11 Å². The summed E-state index contributed by atoms with van der Waals surface area (Å²) in [5.74, 6) is 0. The second-order valence-electron chi connectivity index (χ2n) is 2.87. The van der Waals surface area contributed by atoms with Crippen molar-refractivity contribution in [3.05, 3.63) is 0 Å². The largest absolute Gasteiger partial charge is 0.391 e. The van der Waals surface area contributed by atoms with Gasteiger partial charge in [-0.25, -0.2) is 0 Å². The number of halogens is 1. The van der Waals surface area contributed by atoms with Crippen LogP contribution in [0, 0.1) is 0 Å². The molecule has 0 saturated carbocycles. The average Bonchev–Trinajstić information content (AvgIpc) is 1.64. The van der Waals surface area contributed by atoms with Crippen molar-refractivity contribution in [3.63, 3.8) is 0 Å². The summed E-state index contributed by atoms with van der Waals surface area (Å²) in [4.78, 5) is -0.462. The van der Waals surface area contributed by atoms with Gasteiger partial charge in [-0.15, -0.1) is 11.6 Å². The van der Waals surface area contributed by atoms with Gasteiger partial charge in [0, 0.05) is 0 Å². The smallest absolute Gasteiger partial charge is 0.0726 e. The topological polar surface area (TPSA) is 20.2 Å². The second-order valence-corrected chi connectivity index (χ2v) is 3.84. The third-order valence-corrected chi connectivity index (χ3v) is 1.61. The molecule has 0 aromatic heterocycles. The van der Waals surface area contributed by atoms with E-state index in [-0.39, 0.29) is 6.10 Å². The summed E-state index contributed by atoms with van der Waals surface area (Å²) in [5.41, 5.74) is 0. The first-order chi connectivity index (χ1) is 3.98. The van der Waals surface area contributed by atoms with Crippen molar-refractivity contribution < 1.29 is 5.11 Å². The van der Waals surface area contributed by atoms with Crippen LogP contribution in [0.15, 0.2) is 0 Å². The maximum absolute atomic E-state index is 9.25. The quantitative estimate of drug-likeness (QED) is 0.612. The zero-order valence-electron chi connectivity index (χ0n) is 6.32. The molecule has 0 amide bonds. The summed E-state index contributed by atoms with van der Waals surface area (Å²) < 4.78 is 0. The van der Waals surface area contributed by atoms with E-state index in [1.165, 1.54) is 0 Å². The molecule has 56 valence electrons. The van der Waals surface area contributed by atoms with Crippen molar-refractivity contribution in [3.8, 4) is 0 Å². The highest BCUT2D eigenvalue weighted by molar-refractivity contribution is 6.23. The number of aliphatic hydroxyl groups excluding tert-OH is 1. The minimum absolute atomic E-state index is 0.371. The van der Waals surface area contributed by atoms with Crippen LogP contribution >= 0.6 is 11.6 Å². The first-order valence-electron chi connectivity index (χ1n) is 3.35. The monoisotopic (exact) mass is 150 g/mol. The van der Waals surface area contributed by atoms with Gasteiger partial charge in [0.1, 0.15) is 0 Å². The maximum atomic E-state index is 9.25. The Morgan fingerprint density at radius 2 is 2.00 bits per heavy atom. The molecule has 0 aromatic carbocycles. The van der Waals surface area contributed by atoms with E-state index in [0.29, 0.717) is 0 Å². The van der Waals surface area contributed by atoms with Crippen LogP contribution in [0.25, 0.3) is 0 Å². The van der Waals surface area contributed by atoms with Gasteiger partial charge in [-0.2, -0.15) is 0 Å². The predicted molar refractivity (Wildman–Crippen MR) is 40.8 cm³/mol. The summed E-state index contributed by atoms with van der Waals surface area (Å²) in [6.07, 6.45) is 1.40. The minimum Gasteiger partial charge on any atom is -0.391 e. The van der Waals surface area contributed by atoms with E-state index in [4.69, 9.17) is 11.6 Å². The van der Waals surface area contributed by atoms with Crippen LogP contribution in [0.3, 0.4) is 0 Å². The first-order valence-corrected chi connectivity index (χ1v) is 3.73. The molecule has 1 nitrogen and oxygen atoms in total. The zero-order chi connectivity index (χ0) is 7.49. The van der Waals surface area contributed by atoms with E-state index in [9.17, 15) is 5.11 Å². The molecule has 1 atom stereocenters. The van der Waals surface area contributed by atoms with Gasteiger partial charge in [-0.1, -0.05) is 13.3 Å². The summed E-state index contributed by atoms with van der Waals surface area (Å²) in [7, 11) is 0. The van der Waals surface area contributed by atoms with Gasteiger partial charge in [0.15, 0.2) is 0 Å². The molecule has 0 spiro atoms. The molecular formula is C7H15ClO. The van der Waals surface area contributed by atoms with Crippen LogP contribution in [0.2, 0.25) is 0 Å². The van der Waals surface area contributed by atoms with Crippen molar-refractivity contribution in [1.29, 1.82) is 0 Å². The molecule has 0 heterocycles. The lowest BCUT2D eigenvalue weighted by atomic mass is 10.0. The van der Waals surface area contributed by atoms with Gasteiger partial charge >= 0.3 is 0 Å². The third-order valence-electron chi connectivity index (χ3n) is 1.35. The van der Waals surface area contributed by atoms with Crippen LogP contribution in [0.1, 0.15) is 33.6 Å². The lowest BCUT2D eigenvalue weighted by molar-refractivity contribution is 0.128. The standard InChI is InChI=1S/C7H15ClO/c1-4-5-6(9)7(2,3)8/h6,9H,4-5H2,1-3H3. The van der Waals surface area contributed by atoms with Gasteiger partial charge in [0.05, 0.1) is 11.0 Å². The molecular weight excluding hydrogens is 136 g/mol. The Kier molecular flexibility index (Phi) is 3.52. The highest BCUT2D eigenvalue weighted by Crippen LogP contribution is 2.20. The Bertz CT molecular complexity index is 75.5. The summed E-state index contributed by atoms with van der Waals surface area (Å²) in [6.45, 7) is 5.69. The molecule has 1 N–H and O–H groups in total. The summed E-state index contributed by atoms with van der Waals surface area (Å²) in [6, 6.07) is 0. The van der Waals surface area contributed by atoms with Crippen LogP contribution in [-0.2, 0) is 0 Å². The Morgan fingerprint density at radius 3 is 2.11 bits per heavy atom.